The number of aliphatic hydroxyl groups is 1. The highest BCUT2D eigenvalue weighted by Crippen LogP contribution is 2.30. The van der Waals surface area contributed by atoms with Crippen molar-refractivity contribution >= 4 is 21.6 Å². The zero-order valence-electron chi connectivity index (χ0n) is 9.75. The molecule has 1 saturated heterocycles. The van der Waals surface area contributed by atoms with Gasteiger partial charge < -0.3 is 5.11 Å². The molecule has 0 saturated carbocycles. The molecule has 1 aliphatic rings. The van der Waals surface area contributed by atoms with E-state index in [1.165, 1.54) is 11.8 Å². The number of sulfone groups is 1. The van der Waals surface area contributed by atoms with Crippen LogP contribution in [0.2, 0.25) is 0 Å². The summed E-state index contributed by atoms with van der Waals surface area (Å²) in [6.45, 7) is 3.87. The first-order chi connectivity index (χ1) is 7.85. The second-order valence-electron chi connectivity index (χ2n) is 4.42. The van der Waals surface area contributed by atoms with Crippen LogP contribution in [0.5, 0.6) is 0 Å². The lowest BCUT2D eigenvalue weighted by Gasteiger charge is -2.12. The summed E-state index contributed by atoms with van der Waals surface area (Å²) < 4.78 is 22.8. The minimum absolute atomic E-state index is 0.0352. The molecule has 0 radical (unpaired) electrons. The van der Waals surface area contributed by atoms with Crippen LogP contribution in [0, 0.1) is 13.8 Å². The van der Waals surface area contributed by atoms with E-state index in [2.05, 4.69) is 4.98 Å². The maximum absolute atomic E-state index is 11.4. The van der Waals surface area contributed by atoms with E-state index in [1.54, 1.807) is 0 Å². The topological polar surface area (TPSA) is 67.3 Å². The lowest BCUT2D eigenvalue weighted by molar-refractivity contribution is 0.207. The smallest absolute Gasteiger partial charge is 0.154 e. The van der Waals surface area contributed by atoms with Crippen LogP contribution in [0.25, 0.3) is 0 Å². The van der Waals surface area contributed by atoms with E-state index in [0.29, 0.717) is 0 Å². The summed E-state index contributed by atoms with van der Waals surface area (Å²) in [5, 5.41) is 10.2. The Morgan fingerprint density at radius 3 is 2.59 bits per heavy atom. The van der Waals surface area contributed by atoms with Crippen LogP contribution in [0.3, 0.4) is 0 Å². The van der Waals surface area contributed by atoms with Crippen LogP contribution in [0.4, 0.5) is 0 Å². The molecular weight excluding hydrogens is 258 g/mol. The number of rotatable bonds is 2. The van der Waals surface area contributed by atoms with Gasteiger partial charge in [0, 0.05) is 5.69 Å². The SMILES string of the molecule is Cc1cc(C)nc(SC2CS(=O)(=O)CC2O)c1. The molecule has 0 bridgehead atoms. The van der Waals surface area contributed by atoms with Gasteiger partial charge in [0.25, 0.3) is 0 Å². The summed E-state index contributed by atoms with van der Waals surface area (Å²) in [5.74, 6) is -0.0943. The standard InChI is InChI=1S/C11H15NO3S2/c1-7-3-8(2)12-11(4-7)16-10-6-17(14,15)5-9(10)13/h3-4,9-10,13H,5-6H2,1-2H3. The highest BCUT2D eigenvalue weighted by Gasteiger charge is 2.37. The van der Waals surface area contributed by atoms with Gasteiger partial charge in [0.1, 0.15) is 0 Å². The molecule has 0 aromatic carbocycles. The molecule has 1 aliphatic heterocycles. The first kappa shape index (κ1) is 12.9. The molecule has 2 unspecified atom stereocenters. The van der Waals surface area contributed by atoms with Gasteiger partial charge in [-0.1, -0.05) is 11.8 Å². The minimum atomic E-state index is -3.08. The molecule has 4 nitrogen and oxygen atoms in total. The maximum Gasteiger partial charge on any atom is 0.154 e. The number of thioether (sulfide) groups is 1. The molecule has 0 spiro atoms. The van der Waals surface area contributed by atoms with Gasteiger partial charge in [-0.05, 0) is 31.5 Å². The Bertz CT molecular complexity index is 507. The first-order valence-electron chi connectivity index (χ1n) is 5.36. The minimum Gasteiger partial charge on any atom is -0.391 e. The van der Waals surface area contributed by atoms with Crippen molar-refractivity contribution in [2.24, 2.45) is 0 Å². The molecule has 1 fully saturated rings. The molecular formula is C11H15NO3S2. The van der Waals surface area contributed by atoms with Crippen molar-refractivity contribution in [1.82, 2.24) is 4.98 Å². The number of pyridine rings is 1. The molecule has 0 amide bonds. The Balaban J connectivity index is 2.16. The van der Waals surface area contributed by atoms with E-state index >= 15 is 0 Å². The van der Waals surface area contributed by atoms with Gasteiger partial charge in [-0.3, -0.25) is 0 Å². The number of aliphatic hydroxyl groups excluding tert-OH is 1. The third-order valence-electron chi connectivity index (χ3n) is 2.62. The number of aromatic nitrogens is 1. The number of aryl methyl sites for hydroxylation is 2. The lowest BCUT2D eigenvalue weighted by Crippen LogP contribution is -2.20. The van der Waals surface area contributed by atoms with Crippen LogP contribution >= 0.6 is 11.8 Å². The summed E-state index contributed by atoms with van der Waals surface area (Å²) in [4.78, 5) is 4.34. The normalized spacial score (nSPS) is 27.2. The maximum atomic E-state index is 11.4. The van der Waals surface area contributed by atoms with Crippen LogP contribution in [-0.4, -0.2) is 41.4 Å². The molecule has 17 heavy (non-hydrogen) atoms. The summed E-state index contributed by atoms with van der Waals surface area (Å²) in [6, 6.07) is 3.88. The fourth-order valence-electron chi connectivity index (χ4n) is 1.93. The van der Waals surface area contributed by atoms with Crippen molar-refractivity contribution < 1.29 is 13.5 Å². The number of nitrogens with zero attached hydrogens (tertiary/aromatic N) is 1. The molecule has 94 valence electrons. The van der Waals surface area contributed by atoms with Crippen molar-refractivity contribution in [3.05, 3.63) is 23.4 Å². The van der Waals surface area contributed by atoms with Crippen LogP contribution in [0.1, 0.15) is 11.3 Å². The zero-order chi connectivity index (χ0) is 12.6. The van der Waals surface area contributed by atoms with E-state index in [-0.39, 0.29) is 16.8 Å². The fourth-order valence-corrected chi connectivity index (χ4v) is 5.57. The molecule has 2 heterocycles. The number of hydrogen-bond donors (Lipinski definition) is 1. The van der Waals surface area contributed by atoms with E-state index < -0.39 is 15.9 Å². The Hall–Kier alpha value is -0.590. The predicted molar refractivity (Wildman–Crippen MR) is 68.0 cm³/mol. The van der Waals surface area contributed by atoms with Gasteiger partial charge in [0.05, 0.1) is 27.9 Å². The highest BCUT2D eigenvalue weighted by atomic mass is 32.2. The third kappa shape index (κ3) is 3.20. The van der Waals surface area contributed by atoms with Crippen molar-refractivity contribution in [2.75, 3.05) is 11.5 Å². The average molecular weight is 273 g/mol. The summed E-state index contributed by atoms with van der Waals surface area (Å²) >= 11 is 1.35. The molecule has 1 aromatic rings. The lowest BCUT2D eigenvalue weighted by atomic mass is 10.3. The first-order valence-corrected chi connectivity index (χ1v) is 8.06. The highest BCUT2D eigenvalue weighted by molar-refractivity contribution is 8.01. The summed E-state index contributed by atoms with van der Waals surface area (Å²) in [5.41, 5.74) is 2.00. The Morgan fingerprint density at radius 1 is 1.35 bits per heavy atom. The van der Waals surface area contributed by atoms with Gasteiger partial charge in [0.2, 0.25) is 0 Å². The van der Waals surface area contributed by atoms with E-state index in [9.17, 15) is 13.5 Å². The third-order valence-corrected chi connectivity index (χ3v) is 5.78. The molecule has 2 rings (SSSR count). The fraction of sp³-hybridized carbons (Fsp3) is 0.545. The van der Waals surface area contributed by atoms with Crippen molar-refractivity contribution in [1.29, 1.82) is 0 Å². The van der Waals surface area contributed by atoms with Gasteiger partial charge >= 0.3 is 0 Å². The summed E-state index contributed by atoms with van der Waals surface area (Å²) in [6.07, 6.45) is -0.785. The van der Waals surface area contributed by atoms with Gasteiger partial charge in [-0.25, -0.2) is 13.4 Å². The van der Waals surface area contributed by atoms with E-state index in [0.717, 1.165) is 16.3 Å². The second kappa shape index (κ2) is 4.59. The van der Waals surface area contributed by atoms with E-state index in [1.807, 2.05) is 26.0 Å². The van der Waals surface area contributed by atoms with Crippen molar-refractivity contribution in [3.63, 3.8) is 0 Å². The molecule has 6 heteroatoms. The predicted octanol–water partition coefficient (Wildman–Crippen LogP) is 0.948. The Morgan fingerprint density at radius 2 is 2.06 bits per heavy atom. The molecule has 2 atom stereocenters. The quantitative estimate of drug-likeness (QED) is 0.869. The van der Waals surface area contributed by atoms with Crippen molar-refractivity contribution in [3.8, 4) is 0 Å². The Kier molecular flexibility index (Phi) is 3.47. The molecule has 1 aromatic heterocycles. The Labute approximate surface area is 105 Å². The van der Waals surface area contributed by atoms with Crippen LogP contribution in [0.15, 0.2) is 17.2 Å². The van der Waals surface area contributed by atoms with Crippen LogP contribution in [-0.2, 0) is 9.84 Å². The van der Waals surface area contributed by atoms with Crippen LogP contribution < -0.4 is 0 Å². The molecule has 1 N–H and O–H groups in total. The van der Waals surface area contributed by atoms with Gasteiger partial charge in [-0.2, -0.15) is 0 Å². The number of hydrogen-bond acceptors (Lipinski definition) is 5. The largest absolute Gasteiger partial charge is 0.391 e. The van der Waals surface area contributed by atoms with Gasteiger partial charge in [-0.15, -0.1) is 0 Å². The zero-order valence-corrected chi connectivity index (χ0v) is 11.4. The van der Waals surface area contributed by atoms with E-state index in [4.69, 9.17) is 0 Å². The van der Waals surface area contributed by atoms with Gasteiger partial charge in [0.15, 0.2) is 9.84 Å². The monoisotopic (exact) mass is 273 g/mol. The summed E-state index contributed by atoms with van der Waals surface area (Å²) in [7, 11) is -3.08. The second-order valence-corrected chi connectivity index (χ2v) is 7.84. The van der Waals surface area contributed by atoms with Crippen molar-refractivity contribution in [2.45, 2.75) is 30.2 Å². The molecule has 0 aliphatic carbocycles. The average Bonchev–Trinajstić information content (AvgIpc) is 2.37.